The minimum atomic E-state index is -0.987. The van der Waals surface area contributed by atoms with Gasteiger partial charge in [0, 0.05) is 54.5 Å². The highest BCUT2D eigenvalue weighted by atomic mass is 79.9. The van der Waals surface area contributed by atoms with Crippen LogP contribution in [-0.4, -0.2) is 74.7 Å². The number of imidazole rings is 1. The Labute approximate surface area is 288 Å². The summed E-state index contributed by atoms with van der Waals surface area (Å²) in [5.74, 6) is -1.34. The van der Waals surface area contributed by atoms with Crippen LogP contribution < -0.4 is 20.7 Å². The Morgan fingerprint density at radius 1 is 0.735 bits per heavy atom. The van der Waals surface area contributed by atoms with E-state index in [1.807, 2.05) is 24.3 Å². The van der Waals surface area contributed by atoms with Crippen LogP contribution in [-0.2, 0) is 9.59 Å². The van der Waals surface area contributed by atoms with Gasteiger partial charge in [-0.2, -0.15) is 4.98 Å². The number of imide groups is 2. The number of halogens is 1. The summed E-state index contributed by atoms with van der Waals surface area (Å²) in [6.07, 6.45) is 4.61. The fraction of sp³-hybridized carbons (Fsp3) is 0.333. The van der Waals surface area contributed by atoms with E-state index in [0.29, 0.717) is 24.3 Å². The molecule has 2 saturated heterocycles. The molecular weight excluding hydrogens is 690 g/mol. The van der Waals surface area contributed by atoms with Crippen LogP contribution in [0.1, 0.15) is 65.3 Å². The first-order valence-electron chi connectivity index (χ1n) is 16.8. The molecule has 13 heteroatoms. The quantitative estimate of drug-likeness (QED) is 0.271. The number of nitrogens with one attached hydrogen (secondary N) is 1. The fourth-order valence-corrected chi connectivity index (χ4v) is 8.74. The van der Waals surface area contributed by atoms with E-state index in [4.69, 9.17) is 0 Å². The Balaban J connectivity index is 1.00. The third-order valence-electron chi connectivity index (χ3n) is 10.6. The number of fused-ring (bicyclic) bond motifs is 6. The summed E-state index contributed by atoms with van der Waals surface area (Å²) < 4.78 is 5.14. The molecular formula is C36H32BrN7O5. The van der Waals surface area contributed by atoms with Crippen LogP contribution in [0.4, 0.5) is 11.4 Å². The molecule has 5 aromatic rings. The van der Waals surface area contributed by atoms with Crippen LogP contribution in [0.15, 0.2) is 63.9 Å². The predicted octanol–water partition coefficient (Wildman–Crippen LogP) is 4.41. The van der Waals surface area contributed by atoms with E-state index in [9.17, 15) is 24.0 Å². The normalized spacial score (nSPS) is 20.3. The van der Waals surface area contributed by atoms with E-state index in [0.717, 1.165) is 76.1 Å². The molecule has 3 fully saturated rings. The fourth-order valence-electron chi connectivity index (χ4n) is 8.21. The molecule has 3 aromatic carbocycles. The van der Waals surface area contributed by atoms with Gasteiger partial charge in [0.2, 0.25) is 17.6 Å². The molecule has 248 valence electrons. The van der Waals surface area contributed by atoms with Gasteiger partial charge in [-0.15, -0.1) is 0 Å². The number of carbonyl (C=O) groups is 4. The van der Waals surface area contributed by atoms with Crippen molar-refractivity contribution >= 4 is 78.6 Å². The van der Waals surface area contributed by atoms with Gasteiger partial charge in [0.05, 0.1) is 33.1 Å². The van der Waals surface area contributed by atoms with E-state index in [2.05, 4.69) is 63.2 Å². The Hall–Kier alpha value is -5.04. The number of aromatic nitrogens is 3. The monoisotopic (exact) mass is 721 g/mol. The minimum Gasteiger partial charge on any atom is -0.368 e. The Bertz CT molecular complexity index is 2330. The third-order valence-corrected chi connectivity index (χ3v) is 11.3. The third kappa shape index (κ3) is 4.62. The number of amides is 4. The van der Waals surface area contributed by atoms with E-state index >= 15 is 0 Å². The highest BCUT2D eigenvalue weighted by molar-refractivity contribution is 9.10. The molecule has 0 bridgehead atoms. The molecule has 4 amide bonds. The first-order valence-corrected chi connectivity index (χ1v) is 17.6. The van der Waals surface area contributed by atoms with E-state index in [1.54, 1.807) is 12.1 Å². The molecule has 1 unspecified atom stereocenters. The molecule has 5 heterocycles. The Morgan fingerprint density at radius 3 is 2.16 bits per heavy atom. The molecule has 49 heavy (non-hydrogen) atoms. The number of hydrogen-bond donors (Lipinski definition) is 1. The number of hydrogen-bond acceptors (Lipinski definition) is 8. The predicted molar refractivity (Wildman–Crippen MR) is 187 cm³/mol. The van der Waals surface area contributed by atoms with Crippen LogP contribution >= 0.6 is 15.9 Å². The number of rotatable bonds is 4. The van der Waals surface area contributed by atoms with Gasteiger partial charge < -0.3 is 14.4 Å². The standard InChI is InChI=1S/C36H32BrN7O5/c37-25-6-3-7-27-31(25)33(47)39-36-42(20-4-1-2-5-20)29-19-22(9-11-26(29)43(27)36)41-16-14-40(15-17-41)21-8-10-23-24(18-21)35(49)44(34(23)48)28-12-13-30(45)38-32(28)46/h3,6-11,18-20,28H,1-2,4-5,12-17H2,(H,38,45,46). The molecule has 1 saturated carbocycles. The van der Waals surface area contributed by atoms with Gasteiger partial charge in [-0.3, -0.25) is 38.6 Å². The average Bonchev–Trinajstić information content (AvgIpc) is 3.80. The summed E-state index contributed by atoms with van der Waals surface area (Å²) in [5.41, 5.74) is 5.18. The lowest BCUT2D eigenvalue weighted by Gasteiger charge is -2.37. The van der Waals surface area contributed by atoms with Crippen LogP contribution in [0.25, 0.3) is 27.7 Å². The van der Waals surface area contributed by atoms with Crippen molar-refractivity contribution in [2.24, 2.45) is 0 Å². The van der Waals surface area contributed by atoms with Crippen LogP contribution in [0.5, 0.6) is 0 Å². The zero-order valence-electron chi connectivity index (χ0n) is 26.5. The highest BCUT2D eigenvalue weighted by Crippen LogP contribution is 2.38. The van der Waals surface area contributed by atoms with Crippen molar-refractivity contribution < 1.29 is 19.2 Å². The molecule has 3 aliphatic heterocycles. The van der Waals surface area contributed by atoms with Gasteiger partial charge in [0.1, 0.15) is 6.04 Å². The highest BCUT2D eigenvalue weighted by Gasteiger charge is 2.44. The van der Waals surface area contributed by atoms with Crippen molar-refractivity contribution in [1.29, 1.82) is 0 Å². The second kappa shape index (κ2) is 11.3. The smallest absolute Gasteiger partial charge is 0.283 e. The lowest BCUT2D eigenvalue weighted by molar-refractivity contribution is -0.136. The van der Waals surface area contributed by atoms with Crippen molar-refractivity contribution in [3.8, 4) is 0 Å². The molecule has 1 atom stereocenters. The molecule has 1 aliphatic carbocycles. The molecule has 0 spiro atoms. The van der Waals surface area contributed by atoms with Gasteiger partial charge in [-0.25, -0.2) is 0 Å². The number of nitrogens with zero attached hydrogens (tertiary/aromatic N) is 6. The number of carbonyl (C=O) groups excluding carboxylic acids is 4. The number of anilines is 2. The SMILES string of the molecule is O=C1CCC(N2C(=O)c3ccc(N4CCN(c5ccc6c(c5)n(C5CCCC5)c5nc(=O)c7c(Br)cccc7n65)CC4)cc3C2=O)C(=O)N1. The zero-order chi connectivity index (χ0) is 33.6. The average molecular weight is 723 g/mol. The summed E-state index contributed by atoms with van der Waals surface area (Å²) in [6.45, 7) is 2.90. The Kier molecular flexibility index (Phi) is 6.91. The second-order valence-electron chi connectivity index (χ2n) is 13.3. The van der Waals surface area contributed by atoms with Gasteiger partial charge >= 0.3 is 0 Å². The first kappa shape index (κ1) is 30.1. The van der Waals surface area contributed by atoms with Gasteiger partial charge in [0.25, 0.3) is 17.4 Å². The first-order chi connectivity index (χ1) is 23.8. The van der Waals surface area contributed by atoms with Gasteiger partial charge in [0.15, 0.2) is 0 Å². The lowest BCUT2D eigenvalue weighted by atomic mass is 10.0. The van der Waals surface area contributed by atoms with E-state index < -0.39 is 29.7 Å². The molecule has 2 aromatic heterocycles. The van der Waals surface area contributed by atoms with Crippen molar-refractivity contribution in [1.82, 2.24) is 24.2 Å². The summed E-state index contributed by atoms with van der Waals surface area (Å²) in [4.78, 5) is 74.1. The maximum Gasteiger partial charge on any atom is 0.283 e. The molecule has 4 aliphatic rings. The largest absolute Gasteiger partial charge is 0.368 e. The summed E-state index contributed by atoms with van der Waals surface area (Å²) in [5, 5.41) is 2.82. The van der Waals surface area contributed by atoms with Gasteiger partial charge in [-0.05, 0) is 83.7 Å². The van der Waals surface area contributed by atoms with Crippen LogP contribution in [0.3, 0.4) is 0 Å². The van der Waals surface area contributed by atoms with E-state index in [1.165, 1.54) is 0 Å². The van der Waals surface area contributed by atoms with Crippen molar-refractivity contribution in [3.63, 3.8) is 0 Å². The maximum absolute atomic E-state index is 13.4. The summed E-state index contributed by atoms with van der Waals surface area (Å²) in [7, 11) is 0. The lowest BCUT2D eigenvalue weighted by Crippen LogP contribution is -2.54. The Morgan fingerprint density at radius 2 is 1.43 bits per heavy atom. The maximum atomic E-state index is 13.4. The van der Waals surface area contributed by atoms with E-state index in [-0.39, 0.29) is 35.6 Å². The minimum absolute atomic E-state index is 0.0841. The second-order valence-corrected chi connectivity index (χ2v) is 14.2. The summed E-state index contributed by atoms with van der Waals surface area (Å²) >= 11 is 3.57. The van der Waals surface area contributed by atoms with Gasteiger partial charge in [-0.1, -0.05) is 18.9 Å². The topological polar surface area (TPSA) is 129 Å². The van der Waals surface area contributed by atoms with Crippen LogP contribution in [0.2, 0.25) is 0 Å². The zero-order valence-corrected chi connectivity index (χ0v) is 28.1. The molecule has 0 radical (unpaired) electrons. The molecule has 1 N–H and O–H groups in total. The number of piperidine rings is 1. The van der Waals surface area contributed by atoms with Crippen molar-refractivity contribution in [2.45, 2.75) is 50.6 Å². The number of piperazine rings is 1. The molecule has 9 rings (SSSR count). The van der Waals surface area contributed by atoms with Crippen LogP contribution in [0, 0.1) is 0 Å². The van der Waals surface area contributed by atoms with Crippen molar-refractivity contribution in [3.05, 3.63) is 80.6 Å². The number of benzene rings is 3. The molecule has 12 nitrogen and oxygen atoms in total. The van der Waals surface area contributed by atoms with Crippen molar-refractivity contribution in [2.75, 3.05) is 36.0 Å². The summed E-state index contributed by atoms with van der Waals surface area (Å²) in [6, 6.07) is 16.9.